The van der Waals surface area contributed by atoms with Crippen molar-refractivity contribution in [3.63, 3.8) is 0 Å². The van der Waals surface area contributed by atoms with Crippen molar-refractivity contribution in [3.05, 3.63) is 142 Å². The number of aromatic nitrogens is 2. The standard InChI is InChI=1S/C52H32N8O10S2.In/c1-65-41-29-9-5-7-11-31(29)43(67-3)39-37(41)50-56-46-34-20-24-14-16-28(72(62,63)64)18-26(24)22-36(34)48(54-46)58-52-40-38(42(66-2)30-10-6-8-12-32(30)44(40)68-4)49(60-52)55-45-33-19-23-13-15-27(71-70-69-61)17-25(23)21-35(33)47(53-45)57-51(39)59-50;/h5-22H,1-4H3,(H2-2,53,54,55,56,57,58,59,60,61,62,63,64);/q-2;+2. The molecule has 8 aromatic carbocycles. The van der Waals surface area contributed by atoms with Crippen LogP contribution in [0.25, 0.3) is 64.6 Å². The Morgan fingerprint density at radius 3 is 1.37 bits per heavy atom. The molecule has 10 aromatic rings. The summed E-state index contributed by atoms with van der Waals surface area (Å²) in [5.41, 5.74) is 3.64. The third-order valence-corrected chi connectivity index (χ3v) is 19.2. The minimum atomic E-state index is -4.54. The predicted octanol–water partition coefficient (Wildman–Crippen LogP) is 8.79. The van der Waals surface area contributed by atoms with Crippen molar-refractivity contribution in [2.45, 2.75) is 9.79 Å². The molecule has 0 spiro atoms. The Kier molecular flexibility index (Phi) is 9.78. The number of fused-ring (bicyclic) bond motifs is 18. The first-order chi connectivity index (χ1) is 35.6. The molecule has 4 aliphatic heterocycles. The number of methoxy groups -OCH3 is 4. The Hall–Kier alpha value is -7.63. The van der Waals surface area contributed by atoms with E-state index in [1.54, 1.807) is 34.5 Å². The molecule has 14 rings (SSSR count). The van der Waals surface area contributed by atoms with Crippen LogP contribution in [0.4, 0.5) is 11.6 Å². The van der Waals surface area contributed by atoms with E-state index in [9.17, 15) is 13.0 Å². The second-order valence-corrected chi connectivity index (χ2v) is 23.2. The normalized spacial score (nSPS) is 14.3. The Morgan fingerprint density at radius 1 is 0.493 bits per heavy atom. The molecule has 4 aliphatic rings. The van der Waals surface area contributed by atoms with Crippen LogP contribution in [0.1, 0.15) is 22.3 Å². The molecule has 0 saturated carbocycles. The topological polar surface area (TPSA) is 214 Å². The van der Waals surface area contributed by atoms with Crippen LogP contribution in [0, 0.1) is 0 Å². The zero-order valence-electron chi connectivity index (χ0n) is 38.5. The molecule has 1 radical (unpaired) electrons. The molecular formula is C52H32InN8O10S2. The number of hydrogen-bond acceptors (Lipinski definition) is 16. The molecule has 2 N–H and O–H groups in total. The summed E-state index contributed by atoms with van der Waals surface area (Å²) in [4.78, 5) is 33.2. The fourth-order valence-corrected chi connectivity index (χ4v) is 15.6. The third-order valence-electron chi connectivity index (χ3n) is 13.7. The first-order valence-corrected chi connectivity index (χ1v) is 27.6. The number of hydrogen-bond donors (Lipinski definition) is 2. The third kappa shape index (κ3) is 6.36. The van der Waals surface area contributed by atoms with Crippen molar-refractivity contribution in [2.24, 2.45) is 30.0 Å². The molecular weight excluding hydrogens is 1080 g/mol. The van der Waals surface area contributed by atoms with Crippen LogP contribution in [0.15, 0.2) is 149 Å². The van der Waals surface area contributed by atoms with Crippen molar-refractivity contribution in [2.75, 3.05) is 28.4 Å². The van der Waals surface area contributed by atoms with E-state index in [0.717, 1.165) is 49.9 Å². The molecule has 0 amide bonds. The van der Waals surface area contributed by atoms with Gasteiger partial charge in [-0.15, -0.1) is 0 Å². The van der Waals surface area contributed by atoms with Crippen LogP contribution in [0.5, 0.6) is 23.0 Å². The molecule has 355 valence electrons. The number of benzene rings is 8. The summed E-state index contributed by atoms with van der Waals surface area (Å²) >= 11 is -1.92. The fraction of sp³-hybridized carbons (Fsp3) is 0.0769. The summed E-state index contributed by atoms with van der Waals surface area (Å²) in [7, 11) is 2.00. The fourth-order valence-electron chi connectivity index (χ4n) is 10.7. The van der Waals surface area contributed by atoms with Crippen LogP contribution in [0.3, 0.4) is 0 Å². The van der Waals surface area contributed by atoms with E-state index in [-0.39, 0.29) is 4.90 Å². The van der Waals surface area contributed by atoms with Gasteiger partial charge in [-0.1, -0.05) is 0 Å². The molecule has 0 saturated heterocycles. The van der Waals surface area contributed by atoms with Crippen LogP contribution in [0.2, 0.25) is 0 Å². The Bertz CT molecular complexity index is 4620. The molecule has 0 fully saturated rings. The first-order valence-electron chi connectivity index (χ1n) is 22.4. The number of ether oxygens (including phenoxy) is 4. The van der Waals surface area contributed by atoms with Gasteiger partial charge in [-0.2, -0.15) is 0 Å². The molecule has 2 aromatic heterocycles. The van der Waals surface area contributed by atoms with E-state index in [2.05, 4.69) is 10.1 Å². The van der Waals surface area contributed by atoms with Crippen molar-refractivity contribution < 1.29 is 46.5 Å². The van der Waals surface area contributed by atoms with Crippen LogP contribution in [-0.2, 0) is 19.5 Å². The summed E-state index contributed by atoms with van der Waals surface area (Å²) in [6.07, 6.45) is 0. The summed E-state index contributed by atoms with van der Waals surface area (Å²) in [6, 6.07) is 33.6. The zero-order chi connectivity index (χ0) is 49.6. The van der Waals surface area contributed by atoms with Gasteiger partial charge in [0, 0.05) is 0 Å². The summed E-state index contributed by atoms with van der Waals surface area (Å²) in [5.74, 6) is 4.58. The van der Waals surface area contributed by atoms with Gasteiger partial charge in [0.05, 0.1) is 0 Å². The number of amidine groups is 4. The molecule has 6 bridgehead atoms. The number of rotatable bonds is 8. The van der Waals surface area contributed by atoms with E-state index in [1.807, 2.05) is 91.0 Å². The van der Waals surface area contributed by atoms with Gasteiger partial charge in [-0.05, 0) is 0 Å². The van der Waals surface area contributed by atoms with Crippen LogP contribution >= 0.6 is 12.0 Å². The van der Waals surface area contributed by atoms with E-state index in [0.29, 0.717) is 123 Å². The Morgan fingerprint density at radius 2 is 0.918 bits per heavy atom. The summed E-state index contributed by atoms with van der Waals surface area (Å²) in [5, 5.41) is 21.4. The van der Waals surface area contributed by atoms with Crippen molar-refractivity contribution in [1.29, 1.82) is 0 Å². The minimum absolute atomic E-state index is 0.251. The first kappa shape index (κ1) is 44.1. The average molecular weight is 1110 g/mol. The average Bonchev–Trinajstić information content (AvgIpc) is 4.09. The SMILES string of the molecule is COc1c2ccccc2c(OC)c2c3[n]4c(c12)N=C1N=C(N=c2c5c(OC)c6ccccc6c(OC)c5c([n]2[In]4)=NC2=NC(=N3)c3cc4cc(S(=O)(=O)O)ccc4cc32)c2cc3cc(SOOO)ccc3cc21. The quantitative estimate of drug-likeness (QED) is 0.0635. The van der Waals surface area contributed by atoms with Gasteiger partial charge in [0.1, 0.15) is 0 Å². The second kappa shape index (κ2) is 16.2. The maximum absolute atomic E-state index is 12.4. The molecule has 18 nitrogen and oxygen atoms in total. The molecule has 6 heterocycles. The van der Waals surface area contributed by atoms with E-state index >= 15 is 0 Å². The van der Waals surface area contributed by atoms with E-state index in [1.165, 1.54) is 12.1 Å². The Balaban J connectivity index is 1.22. The molecule has 0 atom stereocenters. The van der Waals surface area contributed by atoms with E-state index < -0.39 is 33.6 Å². The molecule has 0 aliphatic carbocycles. The molecule has 21 heteroatoms. The van der Waals surface area contributed by atoms with Crippen molar-refractivity contribution in [1.82, 2.24) is 5.11 Å². The Labute approximate surface area is 427 Å². The van der Waals surface area contributed by atoms with Gasteiger partial charge in [-0.25, -0.2) is 5.26 Å². The molecule has 0 unspecified atom stereocenters. The van der Waals surface area contributed by atoms with Gasteiger partial charge in [0.25, 0.3) is 0 Å². The maximum atomic E-state index is 12.4. The van der Waals surface area contributed by atoms with E-state index in [4.69, 9.17) is 58.5 Å². The molecule has 73 heavy (non-hydrogen) atoms. The predicted molar refractivity (Wildman–Crippen MR) is 278 cm³/mol. The second-order valence-electron chi connectivity index (χ2n) is 17.4. The monoisotopic (exact) mass is 1110 g/mol. The zero-order valence-corrected chi connectivity index (χ0v) is 43.5. The van der Waals surface area contributed by atoms with Crippen molar-refractivity contribution in [3.8, 4) is 23.0 Å². The van der Waals surface area contributed by atoms with Crippen LogP contribution in [-0.4, -0.2) is 98.6 Å². The summed E-state index contributed by atoms with van der Waals surface area (Å²) in [6.45, 7) is 0. The van der Waals surface area contributed by atoms with Gasteiger partial charge in [0.15, 0.2) is 0 Å². The number of nitrogens with zero attached hydrogens (tertiary/aromatic N) is 8. The van der Waals surface area contributed by atoms with Gasteiger partial charge in [0.2, 0.25) is 0 Å². The van der Waals surface area contributed by atoms with Crippen LogP contribution < -0.4 is 29.9 Å². The van der Waals surface area contributed by atoms with Crippen molar-refractivity contribution >= 4 is 145 Å². The summed E-state index contributed by atoms with van der Waals surface area (Å²) < 4.78 is 69.9. The number of aliphatic imine (C=N–C) groups is 4. The van der Waals surface area contributed by atoms with Gasteiger partial charge < -0.3 is 0 Å². The van der Waals surface area contributed by atoms with Gasteiger partial charge >= 0.3 is 425 Å². The van der Waals surface area contributed by atoms with Gasteiger partial charge in [-0.3, -0.25) is 0 Å².